The zero-order valence-corrected chi connectivity index (χ0v) is 12.5. The Bertz CT molecular complexity index is 583. The standard InChI is InChI=1S/C14H14Cl2O4/c1-3-7-6(2)8-4-9(20-5-10(17)18)12(15)13(16)11(8)14(7)19/h4,6-7H,3,5H2,1-2H3,(H,17,18)/p-1. The van der Waals surface area contributed by atoms with E-state index in [0.29, 0.717) is 12.0 Å². The fraction of sp³-hybridized carbons (Fsp3) is 0.429. The van der Waals surface area contributed by atoms with E-state index >= 15 is 0 Å². The minimum Gasteiger partial charge on any atom is -0.546 e. The molecule has 1 aliphatic carbocycles. The Kier molecular flexibility index (Phi) is 4.25. The lowest BCUT2D eigenvalue weighted by atomic mass is 9.92. The average Bonchev–Trinajstić information content (AvgIpc) is 2.63. The van der Waals surface area contributed by atoms with Crippen molar-refractivity contribution in [3.8, 4) is 5.75 Å². The normalized spacial score (nSPS) is 20.9. The molecule has 1 aromatic carbocycles. The molecule has 0 bridgehead atoms. The van der Waals surface area contributed by atoms with Gasteiger partial charge in [0.2, 0.25) is 0 Å². The second-order valence-electron chi connectivity index (χ2n) is 4.80. The maximum absolute atomic E-state index is 12.3. The first-order valence-corrected chi connectivity index (χ1v) is 7.02. The van der Waals surface area contributed by atoms with E-state index in [4.69, 9.17) is 27.9 Å². The number of benzene rings is 1. The van der Waals surface area contributed by atoms with Crippen LogP contribution in [0.4, 0.5) is 0 Å². The van der Waals surface area contributed by atoms with E-state index in [1.807, 2.05) is 13.8 Å². The Morgan fingerprint density at radius 3 is 2.60 bits per heavy atom. The quantitative estimate of drug-likeness (QED) is 0.856. The fourth-order valence-electron chi connectivity index (χ4n) is 2.64. The highest BCUT2D eigenvalue weighted by atomic mass is 35.5. The summed E-state index contributed by atoms with van der Waals surface area (Å²) in [6.07, 6.45) is 0.706. The number of ketones is 1. The second-order valence-corrected chi connectivity index (χ2v) is 5.55. The highest BCUT2D eigenvalue weighted by Crippen LogP contribution is 2.47. The van der Waals surface area contributed by atoms with Gasteiger partial charge in [-0.15, -0.1) is 0 Å². The molecule has 0 spiro atoms. The molecule has 0 saturated heterocycles. The van der Waals surface area contributed by atoms with Gasteiger partial charge in [0.1, 0.15) is 17.4 Å². The van der Waals surface area contributed by atoms with Gasteiger partial charge in [-0.05, 0) is 24.0 Å². The van der Waals surface area contributed by atoms with E-state index in [-0.39, 0.29) is 33.4 Å². The molecule has 1 aromatic rings. The number of fused-ring (bicyclic) bond motifs is 1. The van der Waals surface area contributed by atoms with Crippen molar-refractivity contribution in [2.45, 2.75) is 26.2 Å². The number of carbonyl (C=O) groups excluding carboxylic acids is 2. The zero-order valence-electron chi connectivity index (χ0n) is 11.0. The number of carbonyl (C=O) groups is 2. The number of hydrogen-bond donors (Lipinski definition) is 0. The van der Waals surface area contributed by atoms with E-state index in [2.05, 4.69) is 0 Å². The summed E-state index contributed by atoms with van der Waals surface area (Å²) in [7, 11) is 0. The van der Waals surface area contributed by atoms with Crippen LogP contribution in [0.25, 0.3) is 0 Å². The predicted molar refractivity (Wildman–Crippen MR) is 73.5 cm³/mol. The summed E-state index contributed by atoms with van der Waals surface area (Å²) in [5.41, 5.74) is 1.18. The number of hydrogen-bond acceptors (Lipinski definition) is 4. The largest absolute Gasteiger partial charge is 0.546 e. The third-order valence-electron chi connectivity index (χ3n) is 3.67. The van der Waals surface area contributed by atoms with E-state index in [9.17, 15) is 14.7 Å². The maximum atomic E-state index is 12.3. The monoisotopic (exact) mass is 315 g/mol. The van der Waals surface area contributed by atoms with Gasteiger partial charge in [0.25, 0.3) is 0 Å². The summed E-state index contributed by atoms with van der Waals surface area (Å²) in [5.74, 6) is -1.34. The Hall–Kier alpha value is -1.26. The summed E-state index contributed by atoms with van der Waals surface area (Å²) in [6, 6.07) is 1.60. The van der Waals surface area contributed by atoms with Crippen LogP contribution in [0.15, 0.2) is 6.07 Å². The number of carboxylic acids is 1. The number of aliphatic carboxylic acids is 1. The maximum Gasteiger partial charge on any atom is 0.168 e. The van der Waals surface area contributed by atoms with E-state index in [1.165, 1.54) is 0 Å². The molecule has 2 atom stereocenters. The summed E-state index contributed by atoms with van der Waals surface area (Å²) in [5, 5.41) is 10.6. The van der Waals surface area contributed by atoms with Gasteiger partial charge < -0.3 is 14.6 Å². The molecule has 0 amide bonds. The third kappa shape index (κ3) is 2.38. The van der Waals surface area contributed by atoms with E-state index in [1.54, 1.807) is 6.07 Å². The molecule has 0 fully saturated rings. The Morgan fingerprint density at radius 2 is 2.05 bits per heavy atom. The topological polar surface area (TPSA) is 66.4 Å². The molecule has 20 heavy (non-hydrogen) atoms. The van der Waals surface area contributed by atoms with Gasteiger partial charge in [-0.1, -0.05) is 37.0 Å². The predicted octanol–water partition coefficient (Wildman–Crippen LogP) is 2.45. The van der Waals surface area contributed by atoms with E-state index < -0.39 is 12.6 Å². The zero-order chi connectivity index (χ0) is 15.0. The third-order valence-corrected chi connectivity index (χ3v) is 4.52. The second kappa shape index (κ2) is 5.62. The van der Waals surface area contributed by atoms with Crippen LogP contribution in [0.5, 0.6) is 5.75 Å². The van der Waals surface area contributed by atoms with Crippen LogP contribution in [0.3, 0.4) is 0 Å². The molecule has 0 N–H and O–H groups in total. The summed E-state index contributed by atoms with van der Waals surface area (Å²) in [4.78, 5) is 22.8. The molecular formula is C14H13Cl2O4-. The average molecular weight is 316 g/mol. The number of Topliss-reactive ketones (excluding diaryl/α,β-unsaturated/α-hetero) is 1. The number of carboxylic acid groups (broad SMARTS) is 1. The van der Waals surface area contributed by atoms with Crippen LogP contribution in [0, 0.1) is 5.92 Å². The van der Waals surface area contributed by atoms with Crippen molar-refractivity contribution in [2.24, 2.45) is 5.92 Å². The molecule has 0 radical (unpaired) electrons. The minimum absolute atomic E-state index is 0.00238. The van der Waals surface area contributed by atoms with Crippen molar-refractivity contribution in [1.29, 1.82) is 0 Å². The number of rotatable bonds is 4. The van der Waals surface area contributed by atoms with Gasteiger partial charge >= 0.3 is 0 Å². The van der Waals surface area contributed by atoms with Gasteiger partial charge in [0, 0.05) is 11.5 Å². The molecule has 0 heterocycles. The van der Waals surface area contributed by atoms with Gasteiger partial charge in [-0.3, -0.25) is 4.79 Å². The molecule has 2 rings (SSSR count). The van der Waals surface area contributed by atoms with E-state index in [0.717, 1.165) is 5.56 Å². The van der Waals surface area contributed by atoms with Crippen molar-refractivity contribution in [3.63, 3.8) is 0 Å². The molecule has 1 aliphatic rings. The summed E-state index contributed by atoms with van der Waals surface area (Å²) >= 11 is 12.2. The minimum atomic E-state index is -1.35. The van der Waals surface area contributed by atoms with Crippen LogP contribution in [-0.4, -0.2) is 18.4 Å². The highest BCUT2D eigenvalue weighted by Gasteiger charge is 2.39. The van der Waals surface area contributed by atoms with Crippen LogP contribution < -0.4 is 9.84 Å². The van der Waals surface area contributed by atoms with Crippen molar-refractivity contribution >= 4 is 35.0 Å². The molecule has 0 aliphatic heterocycles. The lowest BCUT2D eigenvalue weighted by Gasteiger charge is -2.14. The number of ether oxygens (including phenoxy) is 1. The molecule has 2 unspecified atom stereocenters. The van der Waals surface area contributed by atoms with Crippen LogP contribution in [-0.2, 0) is 4.79 Å². The Balaban J connectivity index is 2.48. The SMILES string of the molecule is CCC1C(=O)c2c(cc(OCC(=O)[O-])c(Cl)c2Cl)C1C. The molecule has 0 aromatic heterocycles. The van der Waals surface area contributed by atoms with Crippen molar-refractivity contribution in [3.05, 3.63) is 27.2 Å². The lowest BCUT2D eigenvalue weighted by molar-refractivity contribution is -0.307. The first kappa shape index (κ1) is 15.1. The molecule has 108 valence electrons. The van der Waals surface area contributed by atoms with Crippen LogP contribution in [0.1, 0.15) is 42.1 Å². The first-order valence-electron chi connectivity index (χ1n) is 6.27. The van der Waals surface area contributed by atoms with Crippen molar-refractivity contribution in [2.75, 3.05) is 6.61 Å². The Labute approximate surface area is 126 Å². The van der Waals surface area contributed by atoms with Crippen molar-refractivity contribution < 1.29 is 19.4 Å². The van der Waals surface area contributed by atoms with Crippen LogP contribution >= 0.6 is 23.2 Å². The van der Waals surface area contributed by atoms with Gasteiger partial charge in [-0.2, -0.15) is 0 Å². The van der Waals surface area contributed by atoms with Crippen LogP contribution in [0.2, 0.25) is 10.0 Å². The molecule has 4 nitrogen and oxygen atoms in total. The summed E-state index contributed by atoms with van der Waals surface area (Å²) < 4.78 is 5.07. The van der Waals surface area contributed by atoms with Crippen molar-refractivity contribution in [1.82, 2.24) is 0 Å². The highest BCUT2D eigenvalue weighted by molar-refractivity contribution is 6.45. The summed E-state index contributed by atoms with van der Waals surface area (Å²) in [6.45, 7) is 3.26. The smallest absolute Gasteiger partial charge is 0.168 e. The van der Waals surface area contributed by atoms with Gasteiger partial charge in [0.15, 0.2) is 5.78 Å². The fourth-order valence-corrected chi connectivity index (χ4v) is 3.14. The van der Waals surface area contributed by atoms with Gasteiger partial charge in [0.05, 0.1) is 11.0 Å². The van der Waals surface area contributed by atoms with Gasteiger partial charge in [-0.25, -0.2) is 0 Å². The number of halogens is 2. The molecule has 0 saturated carbocycles. The Morgan fingerprint density at radius 1 is 1.40 bits per heavy atom. The lowest BCUT2D eigenvalue weighted by Crippen LogP contribution is -2.29. The molecule has 6 heteroatoms. The first-order chi connectivity index (χ1) is 9.38. The molecular weight excluding hydrogens is 303 g/mol.